The lowest BCUT2D eigenvalue weighted by Gasteiger charge is -2.27. The molecule has 0 aromatic heterocycles. The number of hydrogen-bond acceptors (Lipinski definition) is 3. The second-order valence-electron chi connectivity index (χ2n) is 6.00. The van der Waals surface area contributed by atoms with Crippen LogP contribution in [-0.2, 0) is 9.59 Å². The van der Waals surface area contributed by atoms with Crippen molar-refractivity contribution in [2.24, 2.45) is 11.8 Å². The average molecular weight is 330 g/mol. The highest BCUT2D eigenvalue weighted by atomic mass is 16.5. The van der Waals surface area contributed by atoms with Crippen molar-refractivity contribution in [2.45, 2.75) is 32.6 Å². The third kappa shape index (κ3) is 4.85. The topological polar surface area (TPSA) is 67.4 Å². The van der Waals surface area contributed by atoms with E-state index in [1.54, 1.807) is 6.08 Å². The molecule has 0 atom stereocenters. The van der Waals surface area contributed by atoms with Crippen molar-refractivity contribution in [1.82, 2.24) is 5.32 Å². The summed E-state index contributed by atoms with van der Waals surface area (Å²) in [5.74, 6) is 0.709. The van der Waals surface area contributed by atoms with Crippen molar-refractivity contribution in [3.05, 3.63) is 36.9 Å². The highest BCUT2D eigenvalue weighted by Crippen LogP contribution is 2.31. The molecule has 0 bridgehead atoms. The third-order valence-corrected chi connectivity index (χ3v) is 4.33. The maximum Gasteiger partial charge on any atom is 0.227 e. The first kappa shape index (κ1) is 18.0. The zero-order chi connectivity index (χ0) is 17.4. The number of anilines is 1. The molecule has 1 fully saturated rings. The van der Waals surface area contributed by atoms with Crippen molar-refractivity contribution < 1.29 is 14.3 Å². The van der Waals surface area contributed by atoms with E-state index in [9.17, 15) is 9.59 Å². The van der Waals surface area contributed by atoms with Gasteiger partial charge < -0.3 is 15.4 Å². The number of carbonyl (C=O) groups is 2. The minimum Gasteiger partial charge on any atom is -0.492 e. The summed E-state index contributed by atoms with van der Waals surface area (Å²) in [4.78, 5) is 24.5. The fourth-order valence-corrected chi connectivity index (χ4v) is 3.02. The Morgan fingerprint density at radius 3 is 2.42 bits per heavy atom. The smallest absolute Gasteiger partial charge is 0.227 e. The van der Waals surface area contributed by atoms with Crippen LogP contribution in [0.3, 0.4) is 0 Å². The number of hydrogen-bond donors (Lipinski definition) is 2. The Hall–Kier alpha value is -2.30. The summed E-state index contributed by atoms with van der Waals surface area (Å²) >= 11 is 0. The fourth-order valence-electron chi connectivity index (χ4n) is 3.02. The molecule has 0 radical (unpaired) electrons. The van der Waals surface area contributed by atoms with Gasteiger partial charge in [-0.15, -0.1) is 6.58 Å². The summed E-state index contributed by atoms with van der Waals surface area (Å²) in [6, 6.07) is 7.45. The largest absolute Gasteiger partial charge is 0.492 e. The second kappa shape index (κ2) is 9.11. The number of benzene rings is 1. The SMILES string of the molecule is C=CCNC(=O)C1CCC(C(=O)Nc2ccccc2OCC)CC1. The zero-order valence-electron chi connectivity index (χ0n) is 14.2. The van der Waals surface area contributed by atoms with E-state index >= 15 is 0 Å². The first-order chi connectivity index (χ1) is 11.7. The number of rotatable bonds is 7. The van der Waals surface area contributed by atoms with Crippen LogP contribution in [0.4, 0.5) is 5.69 Å². The van der Waals surface area contributed by atoms with Crippen LogP contribution in [0, 0.1) is 11.8 Å². The van der Waals surface area contributed by atoms with Gasteiger partial charge in [-0.05, 0) is 44.7 Å². The number of para-hydroxylation sites is 2. The summed E-state index contributed by atoms with van der Waals surface area (Å²) in [5, 5.41) is 5.80. The van der Waals surface area contributed by atoms with Gasteiger partial charge in [0.25, 0.3) is 0 Å². The van der Waals surface area contributed by atoms with Crippen molar-refractivity contribution in [3.8, 4) is 5.75 Å². The molecule has 2 amide bonds. The highest BCUT2D eigenvalue weighted by molar-refractivity contribution is 5.94. The molecular weight excluding hydrogens is 304 g/mol. The van der Waals surface area contributed by atoms with Crippen molar-refractivity contribution in [1.29, 1.82) is 0 Å². The minimum absolute atomic E-state index is 0.00436. The Bertz CT molecular complexity index is 578. The maximum atomic E-state index is 12.5. The zero-order valence-corrected chi connectivity index (χ0v) is 14.2. The third-order valence-electron chi connectivity index (χ3n) is 4.33. The quantitative estimate of drug-likeness (QED) is 0.755. The Labute approximate surface area is 143 Å². The first-order valence-electron chi connectivity index (χ1n) is 8.57. The molecular formula is C19H26N2O3. The van der Waals surface area contributed by atoms with Gasteiger partial charge in [0.15, 0.2) is 0 Å². The predicted molar refractivity (Wildman–Crippen MR) is 94.9 cm³/mol. The monoisotopic (exact) mass is 330 g/mol. The number of nitrogens with one attached hydrogen (secondary N) is 2. The molecule has 2 rings (SSSR count). The standard InChI is InChI=1S/C19H26N2O3/c1-3-13-20-18(22)14-9-11-15(12-10-14)19(23)21-16-7-5-6-8-17(16)24-4-2/h3,5-8,14-15H,1,4,9-13H2,2H3,(H,20,22)(H,21,23). The van der Waals surface area contributed by atoms with Gasteiger partial charge in [-0.1, -0.05) is 18.2 Å². The molecule has 5 heteroatoms. The Morgan fingerprint density at radius 2 is 1.79 bits per heavy atom. The predicted octanol–water partition coefficient (Wildman–Crippen LogP) is 3.13. The Kier molecular flexibility index (Phi) is 6.85. The van der Waals surface area contributed by atoms with Gasteiger partial charge in [-0.25, -0.2) is 0 Å². The summed E-state index contributed by atoms with van der Waals surface area (Å²) < 4.78 is 5.54. The molecule has 1 saturated carbocycles. The summed E-state index contributed by atoms with van der Waals surface area (Å²) in [6.07, 6.45) is 4.62. The molecule has 0 heterocycles. The van der Waals surface area contributed by atoms with Gasteiger partial charge >= 0.3 is 0 Å². The van der Waals surface area contributed by atoms with Crippen LogP contribution in [0.5, 0.6) is 5.75 Å². The van der Waals surface area contributed by atoms with Crippen molar-refractivity contribution in [2.75, 3.05) is 18.5 Å². The van der Waals surface area contributed by atoms with E-state index in [2.05, 4.69) is 17.2 Å². The summed E-state index contributed by atoms with van der Waals surface area (Å²) in [5.41, 5.74) is 0.704. The van der Waals surface area contributed by atoms with Gasteiger partial charge in [0.2, 0.25) is 11.8 Å². The van der Waals surface area contributed by atoms with Crippen LogP contribution in [0.2, 0.25) is 0 Å². The van der Waals surface area contributed by atoms with E-state index in [0.717, 1.165) is 25.7 Å². The molecule has 2 N–H and O–H groups in total. The lowest BCUT2D eigenvalue weighted by atomic mass is 9.81. The molecule has 0 saturated heterocycles. The molecule has 0 spiro atoms. The molecule has 1 aromatic rings. The number of amides is 2. The summed E-state index contributed by atoms with van der Waals surface area (Å²) in [7, 11) is 0. The molecule has 5 nitrogen and oxygen atoms in total. The maximum absolute atomic E-state index is 12.5. The number of carbonyl (C=O) groups excluding carboxylic acids is 2. The normalized spacial score (nSPS) is 20.0. The molecule has 0 aliphatic heterocycles. The number of ether oxygens (including phenoxy) is 1. The van der Waals surface area contributed by atoms with E-state index in [0.29, 0.717) is 24.6 Å². The van der Waals surface area contributed by atoms with Crippen LogP contribution >= 0.6 is 0 Å². The lowest BCUT2D eigenvalue weighted by molar-refractivity contribution is -0.128. The van der Waals surface area contributed by atoms with Gasteiger partial charge in [0, 0.05) is 18.4 Å². The van der Waals surface area contributed by atoms with Gasteiger partial charge in [-0.3, -0.25) is 9.59 Å². The molecule has 130 valence electrons. The van der Waals surface area contributed by atoms with Crippen LogP contribution < -0.4 is 15.4 Å². The lowest BCUT2D eigenvalue weighted by Crippen LogP contribution is -2.35. The van der Waals surface area contributed by atoms with E-state index in [1.807, 2.05) is 31.2 Å². The Balaban J connectivity index is 1.87. The molecule has 0 unspecified atom stereocenters. The molecule has 1 aromatic carbocycles. The molecule has 24 heavy (non-hydrogen) atoms. The van der Waals surface area contributed by atoms with Crippen molar-refractivity contribution >= 4 is 17.5 Å². The van der Waals surface area contributed by atoms with Gasteiger partial charge in [0.1, 0.15) is 5.75 Å². The van der Waals surface area contributed by atoms with E-state index in [1.165, 1.54) is 0 Å². The van der Waals surface area contributed by atoms with E-state index in [-0.39, 0.29) is 23.7 Å². The average Bonchev–Trinajstić information content (AvgIpc) is 2.61. The van der Waals surface area contributed by atoms with E-state index in [4.69, 9.17) is 4.74 Å². The Morgan fingerprint density at radius 1 is 1.17 bits per heavy atom. The molecule has 1 aliphatic rings. The molecule has 1 aliphatic carbocycles. The van der Waals surface area contributed by atoms with E-state index < -0.39 is 0 Å². The second-order valence-corrected chi connectivity index (χ2v) is 6.00. The highest BCUT2D eigenvalue weighted by Gasteiger charge is 2.30. The van der Waals surface area contributed by atoms with Crippen LogP contribution in [0.15, 0.2) is 36.9 Å². The summed E-state index contributed by atoms with van der Waals surface area (Å²) in [6.45, 7) is 6.56. The fraction of sp³-hybridized carbons (Fsp3) is 0.474. The van der Waals surface area contributed by atoms with Crippen LogP contribution in [0.1, 0.15) is 32.6 Å². The first-order valence-corrected chi connectivity index (χ1v) is 8.57. The van der Waals surface area contributed by atoms with Crippen molar-refractivity contribution in [3.63, 3.8) is 0 Å². The van der Waals surface area contributed by atoms with Crippen LogP contribution in [-0.4, -0.2) is 25.0 Å². The van der Waals surface area contributed by atoms with Gasteiger partial charge in [0.05, 0.1) is 12.3 Å². The van der Waals surface area contributed by atoms with Gasteiger partial charge in [-0.2, -0.15) is 0 Å². The minimum atomic E-state index is -0.0527. The van der Waals surface area contributed by atoms with Crippen LogP contribution in [0.25, 0.3) is 0 Å².